The minimum absolute atomic E-state index is 0.0925. The molecule has 0 heterocycles. The van der Waals surface area contributed by atoms with Crippen molar-refractivity contribution in [3.63, 3.8) is 0 Å². The van der Waals surface area contributed by atoms with Crippen LogP contribution >= 0.6 is 11.8 Å². The number of alkyl halides is 3. The first-order valence-corrected chi connectivity index (χ1v) is 4.99. The average molecular weight is 242 g/mol. The number of nitrogens with one attached hydrogen (secondary N) is 1. The van der Waals surface area contributed by atoms with Crippen molar-refractivity contribution in [3.8, 4) is 6.07 Å². The summed E-state index contributed by atoms with van der Waals surface area (Å²) < 4.78 is 35.3. The summed E-state index contributed by atoms with van der Waals surface area (Å²) in [7, 11) is 0. The Morgan fingerprint density at radius 2 is 2.20 bits per heavy atom. The molecule has 0 aromatic carbocycles. The van der Waals surface area contributed by atoms with Crippen LogP contribution in [0.3, 0.4) is 0 Å². The quantitative estimate of drug-likeness (QED) is 0.679. The highest BCUT2D eigenvalue weighted by atomic mass is 32.2. The van der Waals surface area contributed by atoms with E-state index < -0.39 is 24.7 Å². The highest BCUT2D eigenvalue weighted by Gasteiger charge is 2.38. The van der Waals surface area contributed by atoms with Gasteiger partial charge >= 0.3 is 6.18 Å². The molecule has 0 bridgehead atoms. The van der Waals surface area contributed by atoms with Crippen molar-refractivity contribution < 1.29 is 23.1 Å². The summed E-state index contributed by atoms with van der Waals surface area (Å²) in [5.74, 6) is -0.647. The second-order valence-corrected chi connectivity index (χ2v) is 3.50. The molecule has 15 heavy (non-hydrogen) atoms. The summed E-state index contributed by atoms with van der Waals surface area (Å²) in [6, 6.07) is 1.77. The van der Waals surface area contributed by atoms with Crippen LogP contribution in [0.2, 0.25) is 0 Å². The number of nitriles is 1. The van der Waals surface area contributed by atoms with Crippen molar-refractivity contribution in [2.75, 3.05) is 18.1 Å². The molecule has 0 aromatic heterocycles. The summed E-state index contributed by atoms with van der Waals surface area (Å²) in [6.07, 6.45) is -7.28. The number of amides is 1. The van der Waals surface area contributed by atoms with Gasteiger partial charge in [-0.05, 0) is 0 Å². The molecule has 0 aliphatic carbocycles. The number of carbonyl (C=O) groups excluding carboxylic acids is 1. The molecule has 0 saturated heterocycles. The van der Waals surface area contributed by atoms with Crippen LogP contribution in [-0.2, 0) is 4.79 Å². The summed E-state index contributed by atoms with van der Waals surface area (Å²) in [6.45, 7) is -0.866. The van der Waals surface area contributed by atoms with Gasteiger partial charge in [-0.2, -0.15) is 18.4 Å². The first kappa shape index (κ1) is 14.1. The second kappa shape index (κ2) is 6.53. The van der Waals surface area contributed by atoms with E-state index in [9.17, 15) is 18.0 Å². The second-order valence-electron chi connectivity index (χ2n) is 2.51. The maximum atomic E-state index is 11.8. The summed E-state index contributed by atoms with van der Waals surface area (Å²) in [5, 5.41) is 18.5. The first-order valence-electron chi connectivity index (χ1n) is 3.84. The number of hydrogen-bond donors (Lipinski definition) is 2. The molecule has 86 valence electrons. The Balaban J connectivity index is 3.68. The molecule has 0 aliphatic heterocycles. The lowest BCUT2D eigenvalue weighted by Gasteiger charge is -2.14. The van der Waals surface area contributed by atoms with Crippen LogP contribution in [0.1, 0.15) is 0 Å². The van der Waals surface area contributed by atoms with Gasteiger partial charge in [0.1, 0.15) is 0 Å². The molecule has 1 atom stereocenters. The average Bonchev–Trinajstić information content (AvgIpc) is 2.13. The Bertz CT molecular complexity index is 252. The third kappa shape index (κ3) is 7.04. The van der Waals surface area contributed by atoms with Gasteiger partial charge in [0.25, 0.3) is 0 Å². The molecule has 4 nitrogen and oxygen atoms in total. The highest BCUT2D eigenvalue weighted by molar-refractivity contribution is 8.00. The van der Waals surface area contributed by atoms with E-state index in [0.717, 1.165) is 11.8 Å². The Kier molecular flexibility index (Phi) is 6.12. The van der Waals surface area contributed by atoms with Crippen LogP contribution in [-0.4, -0.2) is 41.3 Å². The van der Waals surface area contributed by atoms with Gasteiger partial charge in [0.05, 0.1) is 24.1 Å². The lowest BCUT2D eigenvalue weighted by molar-refractivity contribution is -0.201. The number of nitrogens with zero attached hydrogens (tertiary/aromatic N) is 1. The molecular weight excluding hydrogens is 233 g/mol. The Morgan fingerprint density at radius 3 is 2.67 bits per heavy atom. The molecule has 0 spiro atoms. The number of rotatable bonds is 5. The lowest BCUT2D eigenvalue weighted by atomic mass is 10.3. The van der Waals surface area contributed by atoms with E-state index in [-0.39, 0.29) is 11.5 Å². The zero-order chi connectivity index (χ0) is 11.9. The minimum atomic E-state index is -4.73. The SMILES string of the molecule is N#CCSCC(=O)NCC(O)C(F)(F)F. The number of thioether (sulfide) groups is 1. The fourth-order valence-electron chi connectivity index (χ4n) is 0.567. The number of halogens is 3. The van der Waals surface area contributed by atoms with Crippen LogP contribution in [0, 0.1) is 11.3 Å². The predicted octanol–water partition coefficient (Wildman–Crippen LogP) is 0.283. The van der Waals surface area contributed by atoms with Crippen molar-refractivity contribution in [1.82, 2.24) is 5.32 Å². The van der Waals surface area contributed by atoms with Crippen molar-refractivity contribution in [2.45, 2.75) is 12.3 Å². The van der Waals surface area contributed by atoms with Crippen molar-refractivity contribution >= 4 is 17.7 Å². The van der Waals surface area contributed by atoms with Gasteiger partial charge in [-0.25, -0.2) is 0 Å². The molecule has 8 heteroatoms. The van der Waals surface area contributed by atoms with E-state index in [0.29, 0.717) is 0 Å². The zero-order valence-corrected chi connectivity index (χ0v) is 8.36. The fraction of sp³-hybridized carbons (Fsp3) is 0.714. The third-order valence-corrected chi connectivity index (χ3v) is 2.07. The normalized spacial score (nSPS) is 13.0. The topological polar surface area (TPSA) is 73.1 Å². The Labute approximate surface area is 88.4 Å². The fourth-order valence-corrected chi connectivity index (χ4v) is 1.05. The molecular formula is C7H9F3N2O2S. The number of aliphatic hydroxyl groups excluding tert-OH is 1. The minimum Gasteiger partial charge on any atom is -0.382 e. The molecule has 0 rings (SSSR count). The lowest BCUT2D eigenvalue weighted by Crippen LogP contribution is -2.41. The smallest absolute Gasteiger partial charge is 0.382 e. The maximum Gasteiger partial charge on any atom is 0.416 e. The van der Waals surface area contributed by atoms with Crippen molar-refractivity contribution in [2.24, 2.45) is 0 Å². The van der Waals surface area contributed by atoms with Gasteiger partial charge in [-0.3, -0.25) is 4.79 Å². The zero-order valence-electron chi connectivity index (χ0n) is 7.54. The first-order chi connectivity index (χ1) is 6.88. The van der Waals surface area contributed by atoms with Crippen LogP contribution in [0.5, 0.6) is 0 Å². The molecule has 1 unspecified atom stereocenters. The van der Waals surface area contributed by atoms with Crippen LogP contribution in [0.25, 0.3) is 0 Å². The number of aliphatic hydroxyl groups is 1. The predicted molar refractivity (Wildman–Crippen MR) is 48.0 cm³/mol. The monoisotopic (exact) mass is 242 g/mol. The Hall–Kier alpha value is -0.940. The van der Waals surface area contributed by atoms with Crippen LogP contribution in [0.15, 0.2) is 0 Å². The summed E-state index contributed by atoms with van der Waals surface area (Å²) in [5.41, 5.74) is 0. The van der Waals surface area contributed by atoms with E-state index in [1.165, 1.54) is 0 Å². The van der Waals surface area contributed by atoms with Gasteiger partial charge < -0.3 is 10.4 Å². The molecule has 1 amide bonds. The molecule has 0 aliphatic rings. The van der Waals surface area contributed by atoms with E-state index in [4.69, 9.17) is 10.4 Å². The van der Waals surface area contributed by atoms with E-state index in [1.807, 2.05) is 5.32 Å². The van der Waals surface area contributed by atoms with Gasteiger partial charge in [0.15, 0.2) is 6.10 Å². The van der Waals surface area contributed by atoms with Gasteiger partial charge in [0, 0.05) is 0 Å². The molecule has 0 aromatic rings. The molecule has 0 radical (unpaired) electrons. The largest absolute Gasteiger partial charge is 0.416 e. The maximum absolute atomic E-state index is 11.8. The van der Waals surface area contributed by atoms with E-state index in [2.05, 4.69) is 0 Å². The van der Waals surface area contributed by atoms with Gasteiger partial charge in [-0.15, -0.1) is 11.8 Å². The summed E-state index contributed by atoms with van der Waals surface area (Å²) >= 11 is 0.984. The van der Waals surface area contributed by atoms with Gasteiger partial charge in [-0.1, -0.05) is 0 Å². The molecule has 2 N–H and O–H groups in total. The number of hydrogen-bond acceptors (Lipinski definition) is 4. The highest BCUT2D eigenvalue weighted by Crippen LogP contribution is 2.19. The molecule has 0 saturated carbocycles. The van der Waals surface area contributed by atoms with Crippen molar-refractivity contribution in [3.05, 3.63) is 0 Å². The van der Waals surface area contributed by atoms with Crippen LogP contribution in [0.4, 0.5) is 13.2 Å². The third-order valence-electron chi connectivity index (χ3n) is 1.27. The number of carbonyl (C=O) groups is 1. The molecule has 0 fully saturated rings. The van der Waals surface area contributed by atoms with E-state index >= 15 is 0 Å². The Morgan fingerprint density at radius 1 is 1.60 bits per heavy atom. The standard InChI is InChI=1S/C7H9F3N2O2S/c8-7(9,10)5(13)3-12-6(14)4-15-2-1-11/h5,13H,2-4H2,(H,12,14). The van der Waals surface area contributed by atoms with E-state index in [1.54, 1.807) is 6.07 Å². The van der Waals surface area contributed by atoms with Crippen LogP contribution < -0.4 is 5.32 Å². The van der Waals surface area contributed by atoms with Crippen molar-refractivity contribution in [1.29, 1.82) is 5.26 Å². The summed E-state index contributed by atoms with van der Waals surface area (Å²) in [4.78, 5) is 10.8. The van der Waals surface area contributed by atoms with Gasteiger partial charge in [0.2, 0.25) is 5.91 Å².